The fraction of sp³-hybridized carbons (Fsp3) is 0.579. The molecule has 0 saturated carbocycles. The molecule has 2 saturated heterocycles. The lowest BCUT2D eigenvalue weighted by atomic mass is 9.93. The van der Waals surface area contributed by atoms with E-state index < -0.39 is 0 Å². The molecule has 1 atom stereocenters. The van der Waals surface area contributed by atoms with Crippen LogP contribution in [-0.4, -0.2) is 37.5 Å². The Kier molecular flexibility index (Phi) is 7.72. The molecule has 0 aromatic heterocycles. The third-order valence-corrected chi connectivity index (χ3v) is 5.08. The molecule has 0 aliphatic carbocycles. The fourth-order valence-electron chi connectivity index (χ4n) is 3.65. The number of benzene rings is 1. The van der Waals surface area contributed by atoms with Crippen molar-refractivity contribution in [1.82, 2.24) is 10.6 Å². The van der Waals surface area contributed by atoms with Crippen LogP contribution in [0.5, 0.6) is 0 Å². The first kappa shape index (κ1) is 19.7. The summed E-state index contributed by atoms with van der Waals surface area (Å²) in [6.45, 7) is 2.84. The summed E-state index contributed by atoms with van der Waals surface area (Å²) < 4.78 is 0. The van der Waals surface area contributed by atoms with E-state index in [-0.39, 0.29) is 30.3 Å². The Morgan fingerprint density at radius 3 is 2.60 bits per heavy atom. The van der Waals surface area contributed by atoms with Crippen LogP contribution in [0.4, 0.5) is 5.69 Å². The van der Waals surface area contributed by atoms with Crippen LogP contribution in [0.3, 0.4) is 0 Å². The molecule has 1 aromatic carbocycles. The number of carbonyl (C=O) groups is 2. The molecule has 3 rings (SSSR count). The van der Waals surface area contributed by atoms with E-state index in [1.165, 1.54) is 0 Å². The molecule has 2 fully saturated rings. The minimum Gasteiger partial charge on any atom is -0.344 e. The molecule has 138 valence electrons. The molecular formula is C19H28ClN3O2. The maximum absolute atomic E-state index is 12.7. The highest BCUT2D eigenvalue weighted by molar-refractivity contribution is 5.99. The molecule has 1 aromatic rings. The Bertz CT molecular complexity index is 561. The largest absolute Gasteiger partial charge is 0.344 e. The van der Waals surface area contributed by atoms with Gasteiger partial charge in [0.1, 0.15) is 6.04 Å². The number of halogens is 1. The molecule has 2 heterocycles. The maximum atomic E-state index is 12.7. The quantitative estimate of drug-likeness (QED) is 0.842. The SMILES string of the molecule is Cl.O=C(CCC1CCNCC1)NC1CCCN(c2ccccc2)C1=O. The summed E-state index contributed by atoms with van der Waals surface area (Å²) in [6, 6.07) is 9.32. The van der Waals surface area contributed by atoms with Crippen LogP contribution in [0.1, 0.15) is 38.5 Å². The van der Waals surface area contributed by atoms with Gasteiger partial charge < -0.3 is 15.5 Å². The molecule has 25 heavy (non-hydrogen) atoms. The van der Waals surface area contributed by atoms with Gasteiger partial charge in [0.05, 0.1) is 0 Å². The second-order valence-electron chi connectivity index (χ2n) is 6.82. The standard InChI is InChI=1S/C19H27N3O2.ClH/c23-18(9-8-15-10-12-20-13-11-15)21-17-7-4-14-22(19(17)24)16-5-2-1-3-6-16;/h1-3,5-6,15,17,20H,4,7-14H2,(H,21,23);1H. The van der Waals surface area contributed by atoms with Gasteiger partial charge in [0, 0.05) is 18.7 Å². The van der Waals surface area contributed by atoms with Crippen molar-refractivity contribution in [3.63, 3.8) is 0 Å². The zero-order valence-corrected chi connectivity index (χ0v) is 15.4. The van der Waals surface area contributed by atoms with Crippen LogP contribution in [0.25, 0.3) is 0 Å². The Hall–Kier alpha value is -1.59. The first-order chi connectivity index (χ1) is 11.7. The van der Waals surface area contributed by atoms with Crippen LogP contribution in [0, 0.1) is 5.92 Å². The van der Waals surface area contributed by atoms with Crippen molar-refractivity contribution < 1.29 is 9.59 Å². The van der Waals surface area contributed by atoms with E-state index >= 15 is 0 Å². The summed E-state index contributed by atoms with van der Waals surface area (Å²) in [5.41, 5.74) is 0.913. The number of hydrogen-bond acceptors (Lipinski definition) is 3. The van der Waals surface area contributed by atoms with Crippen LogP contribution >= 0.6 is 12.4 Å². The van der Waals surface area contributed by atoms with Crippen molar-refractivity contribution in [2.75, 3.05) is 24.5 Å². The zero-order chi connectivity index (χ0) is 16.8. The highest BCUT2D eigenvalue weighted by atomic mass is 35.5. The Labute approximate surface area is 155 Å². The minimum atomic E-state index is -0.375. The zero-order valence-electron chi connectivity index (χ0n) is 14.6. The van der Waals surface area contributed by atoms with E-state index in [4.69, 9.17) is 0 Å². The topological polar surface area (TPSA) is 61.4 Å². The van der Waals surface area contributed by atoms with Gasteiger partial charge in [-0.15, -0.1) is 12.4 Å². The number of amides is 2. The monoisotopic (exact) mass is 365 g/mol. The lowest BCUT2D eigenvalue weighted by Crippen LogP contribution is -2.52. The van der Waals surface area contributed by atoms with Crippen LogP contribution in [-0.2, 0) is 9.59 Å². The van der Waals surface area contributed by atoms with Gasteiger partial charge in [-0.1, -0.05) is 18.2 Å². The molecule has 2 aliphatic rings. The van der Waals surface area contributed by atoms with E-state index in [9.17, 15) is 9.59 Å². The summed E-state index contributed by atoms with van der Waals surface area (Å²) >= 11 is 0. The first-order valence-corrected chi connectivity index (χ1v) is 9.10. The van der Waals surface area contributed by atoms with Gasteiger partial charge in [-0.05, 0) is 63.2 Å². The summed E-state index contributed by atoms with van der Waals surface area (Å²) in [6.07, 6.45) is 5.41. The predicted molar refractivity (Wildman–Crippen MR) is 102 cm³/mol. The number of piperidine rings is 2. The van der Waals surface area contributed by atoms with Crippen molar-refractivity contribution in [2.24, 2.45) is 5.92 Å². The predicted octanol–water partition coefficient (Wildman–Crippen LogP) is 2.50. The third kappa shape index (κ3) is 5.44. The molecule has 2 amide bonds. The van der Waals surface area contributed by atoms with E-state index in [1.54, 1.807) is 4.90 Å². The van der Waals surface area contributed by atoms with Crippen LogP contribution in [0.15, 0.2) is 30.3 Å². The minimum absolute atomic E-state index is 0. The molecule has 0 radical (unpaired) electrons. The Morgan fingerprint density at radius 1 is 1.16 bits per heavy atom. The number of hydrogen-bond donors (Lipinski definition) is 2. The Morgan fingerprint density at radius 2 is 1.88 bits per heavy atom. The second-order valence-corrected chi connectivity index (χ2v) is 6.82. The van der Waals surface area contributed by atoms with Gasteiger partial charge in [0.25, 0.3) is 0 Å². The number of anilines is 1. The Balaban J connectivity index is 0.00000225. The number of nitrogens with zero attached hydrogens (tertiary/aromatic N) is 1. The van der Waals surface area contributed by atoms with Gasteiger partial charge in [0.15, 0.2) is 0 Å². The van der Waals surface area contributed by atoms with Crippen molar-refractivity contribution in [3.8, 4) is 0 Å². The summed E-state index contributed by atoms with van der Waals surface area (Å²) in [7, 11) is 0. The number of para-hydroxylation sites is 1. The van der Waals surface area contributed by atoms with Gasteiger partial charge in [-0.25, -0.2) is 0 Å². The van der Waals surface area contributed by atoms with Crippen molar-refractivity contribution in [3.05, 3.63) is 30.3 Å². The smallest absolute Gasteiger partial charge is 0.249 e. The molecule has 0 bridgehead atoms. The van der Waals surface area contributed by atoms with E-state index in [0.29, 0.717) is 12.3 Å². The molecular weight excluding hydrogens is 338 g/mol. The van der Waals surface area contributed by atoms with Crippen molar-refractivity contribution in [2.45, 2.75) is 44.6 Å². The van der Waals surface area contributed by atoms with Crippen molar-refractivity contribution in [1.29, 1.82) is 0 Å². The summed E-state index contributed by atoms with van der Waals surface area (Å²) in [4.78, 5) is 26.7. The molecule has 6 heteroatoms. The van der Waals surface area contributed by atoms with Crippen LogP contribution < -0.4 is 15.5 Å². The highest BCUT2D eigenvalue weighted by Gasteiger charge is 2.30. The molecule has 2 N–H and O–H groups in total. The normalized spacial score (nSPS) is 21.5. The third-order valence-electron chi connectivity index (χ3n) is 5.08. The van der Waals surface area contributed by atoms with E-state index in [2.05, 4.69) is 10.6 Å². The van der Waals surface area contributed by atoms with Gasteiger partial charge in [0.2, 0.25) is 11.8 Å². The molecule has 2 aliphatic heterocycles. The van der Waals surface area contributed by atoms with Gasteiger partial charge >= 0.3 is 0 Å². The lowest BCUT2D eigenvalue weighted by Gasteiger charge is -2.32. The molecule has 5 nitrogen and oxygen atoms in total. The number of carbonyl (C=O) groups excluding carboxylic acids is 2. The summed E-state index contributed by atoms with van der Waals surface area (Å²) in [5.74, 6) is 0.671. The van der Waals surface area contributed by atoms with Crippen LogP contribution in [0.2, 0.25) is 0 Å². The molecule has 1 unspecified atom stereocenters. The number of rotatable bonds is 5. The van der Waals surface area contributed by atoms with Crippen molar-refractivity contribution >= 4 is 29.9 Å². The first-order valence-electron chi connectivity index (χ1n) is 9.10. The second kappa shape index (κ2) is 9.78. The fourth-order valence-corrected chi connectivity index (χ4v) is 3.65. The molecule has 0 spiro atoms. The van der Waals surface area contributed by atoms with E-state index in [0.717, 1.165) is 57.4 Å². The lowest BCUT2D eigenvalue weighted by molar-refractivity contribution is -0.128. The maximum Gasteiger partial charge on any atom is 0.249 e. The highest BCUT2D eigenvalue weighted by Crippen LogP contribution is 2.21. The van der Waals surface area contributed by atoms with E-state index in [1.807, 2.05) is 30.3 Å². The number of nitrogens with one attached hydrogen (secondary N) is 2. The average molecular weight is 366 g/mol. The average Bonchev–Trinajstić information content (AvgIpc) is 2.63. The summed E-state index contributed by atoms with van der Waals surface area (Å²) in [5, 5.41) is 6.31. The van der Waals surface area contributed by atoms with Gasteiger partial charge in [-0.2, -0.15) is 0 Å². The van der Waals surface area contributed by atoms with Gasteiger partial charge in [-0.3, -0.25) is 9.59 Å².